The van der Waals surface area contributed by atoms with Gasteiger partial charge in [0.1, 0.15) is 0 Å². The molecule has 118 valence electrons. The largest absolute Gasteiger partial charge is 0.617 e. The molecule has 0 saturated carbocycles. The summed E-state index contributed by atoms with van der Waals surface area (Å²) in [6.45, 7) is 1.59. The maximum atomic E-state index is 12.6. The summed E-state index contributed by atoms with van der Waals surface area (Å²) in [6.07, 6.45) is 0. The third-order valence-electron chi connectivity index (χ3n) is 3.37. The van der Waals surface area contributed by atoms with Crippen molar-refractivity contribution < 1.29 is 23.7 Å². The predicted molar refractivity (Wildman–Crippen MR) is 81.5 cm³/mol. The van der Waals surface area contributed by atoms with Crippen LogP contribution in [0.1, 0.15) is 6.92 Å². The molecule has 0 aliphatic heterocycles. The quantitative estimate of drug-likeness (QED) is 0.312. The van der Waals surface area contributed by atoms with Gasteiger partial charge in [-0.3, -0.25) is 0 Å². The highest BCUT2D eigenvalue weighted by Gasteiger charge is 2.24. The van der Waals surface area contributed by atoms with Crippen molar-refractivity contribution >= 4 is 28.0 Å². The van der Waals surface area contributed by atoms with E-state index in [1.165, 1.54) is 12.1 Å². The van der Waals surface area contributed by atoms with Gasteiger partial charge in [0, 0.05) is 18.2 Å². The number of fused-ring (bicyclic) bond motifs is 2. The normalized spacial score (nSPS) is 10.8. The number of carbonyl (C=O) groups is 1. The van der Waals surface area contributed by atoms with Gasteiger partial charge in [0.15, 0.2) is 12.4 Å². The summed E-state index contributed by atoms with van der Waals surface area (Å²) >= 11 is 0. The summed E-state index contributed by atoms with van der Waals surface area (Å²) < 4.78 is 11.5. The van der Waals surface area contributed by atoms with Crippen molar-refractivity contribution in [2.75, 3.05) is 13.2 Å². The highest BCUT2D eigenvalue weighted by Crippen LogP contribution is 2.22. The molecule has 7 nitrogen and oxygen atoms in total. The van der Waals surface area contributed by atoms with Crippen molar-refractivity contribution in [3.8, 4) is 5.75 Å². The fourth-order valence-electron chi connectivity index (χ4n) is 2.39. The monoisotopic (exact) mass is 314 g/mol. The number of benzene rings is 2. The van der Waals surface area contributed by atoms with Gasteiger partial charge in [-0.2, -0.15) is 9.46 Å². The molecule has 0 aliphatic rings. The van der Waals surface area contributed by atoms with Crippen LogP contribution in [-0.2, 0) is 9.53 Å². The Labute approximate surface area is 131 Å². The highest BCUT2D eigenvalue weighted by atomic mass is 16.6. The summed E-state index contributed by atoms with van der Waals surface area (Å²) in [7, 11) is 0. The number of rotatable bonds is 4. The first-order valence-electron chi connectivity index (χ1n) is 7.08. The number of para-hydroxylation sites is 3. The van der Waals surface area contributed by atoms with Crippen molar-refractivity contribution in [1.82, 2.24) is 0 Å². The fourth-order valence-corrected chi connectivity index (χ4v) is 2.39. The lowest BCUT2D eigenvalue weighted by Gasteiger charge is -2.10. The zero-order valence-electron chi connectivity index (χ0n) is 12.4. The Kier molecular flexibility index (Phi) is 3.84. The number of hydrogen-bond donors (Lipinski definition) is 0. The van der Waals surface area contributed by atoms with E-state index in [9.17, 15) is 15.2 Å². The molecule has 0 atom stereocenters. The van der Waals surface area contributed by atoms with E-state index in [4.69, 9.17) is 9.47 Å². The van der Waals surface area contributed by atoms with Crippen LogP contribution in [0.3, 0.4) is 0 Å². The van der Waals surface area contributed by atoms with Gasteiger partial charge in [-0.15, -0.1) is 0 Å². The molecule has 0 aliphatic carbocycles. The van der Waals surface area contributed by atoms with Crippen molar-refractivity contribution in [2.24, 2.45) is 0 Å². The maximum absolute atomic E-state index is 12.6. The van der Waals surface area contributed by atoms with Crippen LogP contribution in [-0.4, -0.2) is 19.2 Å². The Morgan fingerprint density at radius 2 is 1.65 bits per heavy atom. The smallest absolute Gasteiger partial charge is 0.344 e. The van der Waals surface area contributed by atoms with Crippen LogP contribution in [0.2, 0.25) is 0 Å². The SMILES string of the molecule is CCOC(=O)COc1cccc2c1[n+]([O-])c1ccccc1[n+]2[O-]. The van der Waals surface area contributed by atoms with E-state index in [1.807, 2.05) is 0 Å². The van der Waals surface area contributed by atoms with Crippen LogP contribution in [0.25, 0.3) is 22.1 Å². The molecule has 1 aromatic heterocycles. The molecular weight excluding hydrogens is 300 g/mol. The summed E-state index contributed by atoms with van der Waals surface area (Å²) in [5.74, 6) is -0.390. The summed E-state index contributed by atoms with van der Waals surface area (Å²) in [5, 5.41) is 25.0. The van der Waals surface area contributed by atoms with Gasteiger partial charge in [-0.1, -0.05) is 18.2 Å². The van der Waals surface area contributed by atoms with Crippen LogP contribution in [0, 0.1) is 10.4 Å². The number of ether oxygens (including phenoxy) is 2. The first-order chi connectivity index (χ1) is 11.1. The number of esters is 1. The van der Waals surface area contributed by atoms with Crippen molar-refractivity contribution in [2.45, 2.75) is 6.92 Å². The van der Waals surface area contributed by atoms with E-state index in [0.717, 1.165) is 0 Å². The maximum Gasteiger partial charge on any atom is 0.344 e. The fraction of sp³-hybridized carbons (Fsp3) is 0.188. The molecular formula is C16H14N2O5. The standard InChI is InChI=1S/C16H14N2O5/c1-2-22-15(19)10-23-14-9-5-8-13-16(14)18(21)12-7-4-3-6-11(12)17(13)20/h3-9H,2,10H2,1H3. The van der Waals surface area contributed by atoms with Crippen LogP contribution in [0.4, 0.5) is 0 Å². The lowest BCUT2D eigenvalue weighted by atomic mass is 10.2. The molecule has 0 saturated heterocycles. The Hall–Kier alpha value is -3.09. The van der Waals surface area contributed by atoms with Gasteiger partial charge in [0.2, 0.25) is 0 Å². The average Bonchev–Trinajstić information content (AvgIpc) is 2.58. The average molecular weight is 314 g/mol. The lowest BCUT2D eigenvalue weighted by molar-refractivity contribution is -0.591. The zero-order chi connectivity index (χ0) is 16.4. The molecule has 0 spiro atoms. The Morgan fingerprint density at radius 1 is 1.00 bits per heavy atom. The van der Waals surface area contributed by atoms with Gasteiger partial charge in [0.25, 0.3) is 16.6 Å². The predicted octanol–water partition coefficient (Wildman–Crippen LogP) is 1.20. The van der Waals surface area contributed by atoms with Crippen LogP contribution < -0.4 is 14.2 Å². The second kappa shape index (κ2) is 5.96. The molecule has 7 heteroatoms. The molecule has 0 unspecified atom stereocenters. The number of carbonyl (C=O) groups excluding carboxylic acids is 1. The molecule has 0 fully saturated rings. The minimum atomic E-state index is -0.544. The van der Waals surface area contributed by atoms with E-state index in [2.05, 4.69) is 0 Å². The number of aromatic nitrogens is 2. The first kappa shape index (κ1) is 14.8. The van der Waals surface area contributed by atoms with Gasteiger partial charge in [-0.25, -0.2) is 4.79 Å². The minimum absolute atomic E-state index is 0.0745. The van der Waals surface area contributed by atoms with Gasteiger partial charge in [0.05, 0.1) is 6.61 Å². The molecule has 3 rings (SSSR count). The second-order valence-electron chi connectivity index (χ2n) is 4.80. The minimum Gasteiger partial charge on any atom is -0.617 e. The first-order valence-corrected chi connectivity index (χ1v) is 7.08. The zero-order valence-corrected chi connectivity index (χ0v) is 12.4. The van der Waals surface area contributed by atoms with Gasteiger partial charge >= 0.3 is 11.5 Å². The second-order valence-corrected chi connectivity index (χ2v) is 4.80. The third kappa shape index (κ3) is 2.57. The van der Waals surface area contributed by atoms with E-state index in [1.54, 1.807) is 37.3 Å². The molecule has 0 radical (unpaired) electrons. The molecule has 3 aromatic rings. The van der Waals surface area contributed by atoms with Crippen molar-refractivity contribution in [1.29, 1.82) is 0 Å². The Bertz CT molecular complexity index is 894. The molecule has 2 aromatic carbocycles. The number of hydrogen-bond acceptors (Lipinski definition) is 5. The summed E-state index contributed by atoms with van der Waals surface area (Å²) in [6, 6.07) is 11.1. The lowest BCUT2D eigenvalue weighted by Crippen LogP contribution is -2.39. The van der Waals surface area contributed by atoms with E-state index < -0.39 is 5.97 Å². The van der Waals surface area contributed by atoms with Crippen molar-refractivity contribution in [3.05, 3.63) is 52.9 Å². The molecule has 0 bridgehead atoms. The number of nitrogens with zero attached hydrogens (tertiary/aromatic N) is 2. The van der Waals surface area contributed by atoms with Crippen LogP contribution in [0.5, 0.6) is 5.75 Å². The third-order valence-corrected chi connectivity index (χ3v) is 3.37. The summed E-state index contributed by atoms with van der Waals surface area (Å²) in [5.41, 5.74) is 0.727. The molecule has 0 N–H and O–H groups in total. The molecule has 1 heterocycles. The summed E-state index contributed by atoms with van der Waals surface area (Å²) in [4.78, 5) is 11.4. The topological polar surface area (TPSA) is 89.4 Å². The Balaban J connectivity index is 2.15. The van der Waals surface area contributed by atoms with Crippen LogP contribution >= 0.6 is 0 Å². The van der Waals surface area contributed by atoms with E-state index in [-0.39, 0.29) is 41.0 Å². The molecule has 0 amide bonds. The molecule has 23 heavy (non-hydrogen) atoms. The highest BCUT2D eigenvalue weighted by molar-refractivity contribution is 5.81. The van der Waals surface area contributed by atoms with E-state index in [0.29, 0.717) is 9.46 Å². The van der Waals surface area contributed by atoms with E-state index >= 15 is 0 Å². The Morgan fingerprint density at radius 3 is 2.35 bits per heavy atom. The van der Waals surface area contributed by atoms with Crippen LogP contribution in [0.15, 0.2) is 42.5 Å². The van der Waals surface area contributed by atoms with Gasteiger partial charge < -0.3 is 19.9 Å². The van der Waals surface area contributed by atoms with Crippen molar-refractivity contribution in [3.63, 3.8) is 0 Å². The van der Waals surface area contributed by atoms with Gasteiger partial charge in [-0.05, 0) is 13.0 Å².